The van der Waals surface area contributed by atoms with Crippen molar-refractivity contribution in [2.75, 3.05) is 32.7 Å². The minimum Gasteiger partial charge on any atom is -0.390 e. The van der Waals surface area contributed by atoms with Crippen LogP contribution in [0.25, 0.3) is 21.8 Å². The number of benzene rings is 3. The molecule has 1 atom stereocenters. The number of aliphatic hydroxyl groups is 1. The molecule has 0 unspecified atom stereocenters. The van der Waals surface area contributed by atoms with Crippen molar-refractivity contribution in [2.24, 2.45) is 0 Å². The van der Waals surface area contributed by atoms with Gasteiger partial charge < -0.3 is 9.67 Å². The monoisotopic (exact) mass is 433 g/mol. The topological polar surface area (TPSA) is 31.6 Å². The molecule has 1 aliphatic rings. The third-order valence-electron chi connectivity index (χ3n) is 6.33. The van der Waals surface area contributed by atoms with Crippen molar-refractivity contribution >= 4 is 33.4 Å². The van der Waals surface area contributed by atoms with Crippen LogP contribution in [-0.2, 0) is 13.1 Å². The lowest BCUT2D eigenvalue weighted by Gasteiger charge is -2.35. The fraction of sp³-hybridized carbons (Fsp3) is 0.308. The first-order valence-corrected chi connectivity index (χ1v) is 11.4. The van der Waals surface area contributed by atoms with E-state index in [2.05, 4.69) is 75.0 Å². The van der Waals surface area contributed by atoms with Gasteiger partial charge >= 0.3 is 0 Å². The van der Waals surface area contributed by atoms with E-state index in [1.807, 2.05) is 12.1 Å². The fourth-order valence-electron chi connectivity index (χ4n) is 4.74. The molecule has 5 rings (SSSR count). The van der Waals surface area contributed by atoms with Gasteiger partial charge in [0.15, 0.2) is 0 Å². The maximum Gasteiger partial charge on any atom is 0.0845 e. The lowest BCUT2D eigenvalue weighted by atomic mass is 10.2. The molecule has 160 valence electrons. The minimum absolute atomic E-state index is 0.401. The smallest absolute Gasteiger partial charge is 0.0845 e. The lowest BCUT2D eigenvalue weighted by Crippen LogP contribution is -2.48. The Hall–Kier alpha value is -2.37. The Morgan fingerprint density at radius 3 is 1.87 bits per heavy atom. The van der Waals surface area contributed by atoms with Crippen LogP contribution in [0, 0.1) is 0 Å². The molecule has 3 aromatic carbocycles. The Morgan fingerprint density at radius 2 is 1.26 bits per heavy atom. The number of hydrogen-bond acceptors (Lipinski definition) is 3. The summed E-state index contributed by atoms with van der Waals surface area (Å²) in [5.74, 6) is 0. The molecule has 31 heavy (non-hydrogen) atoms. The molecular weight excluding hydrogens is 406 g/mol. The van der Waals surface area contributed by atoms with Gasteiger partial charge in [0.05, 0.1) is 12.6 Å². The highest BCUT2D eigenvalue weighted by Crippen LogP contribution is 2.29. The van der Waals surface area contributed by atoms with Gasteiger partial charge in [-0.2, -0.15) is 0 Å². The van der Waals surface area contributed by atoms with Gasteiger partial charge in [-0.3, -0.25) is 9.80 Å². The molecule has 1 saturated heterocycles. The second kappa shape index (κ2) is 9.01. The fourth-order valence-corrected chi connectivity index (χ4v) is 4.87. The van der Waals surface area contributed by atoms with Gasteiger partial charge in [0.1, 0.15) is 0 Å². The minimum atomic E-state index is -0.401. The first-order chi connectivity index (χ1) is 15.2. The predicted molar refractivity (Wildman–Crippen MR) is 129 cm³/mol. The number of halogens is 1. The second-order valence-corrected chi connectivity index (χ2v) is 8.94. The van der Waals surface area contributed by atoms with Crippen LogP contribution >= 0.6 is 11.6 Å². The van der Waals surface area contributed by atoms with Gasteiger partial charge in [-0.25, -0.2) is 0 Å². The van der Waals surface area contributed by atoms with Crippen LogP contribution in [0.3, 0.4) is 0 Å². The molecule has 2 heterocycles. The van der Waals surface area contributed by atoms with Crippen molar-refractivity contribution in [1.29, 1.82) is 0 Å². The molecule has 0 saturated carbocycles. The standard InChI is InChI=1S/C26H28ClN3O/c27-21-11-9-20(10-12-21)17-28-13-15-29(16-14-28)18-22(31)19-30-25-7-3-1-5-23(25)24-6-2-4-8-26(24)30/h1-12,22,31H,13-19H2/t22-/m1/s1. The van der Waals surface area contributed by atoms with E-state index in [1.54, 1.807) is 0 Å². The summed E-state index contributed by atoms with van der Waals surface area (Å²) < 4.78 is 2.27. The summed E-state index contributed by atoms with van der Waals surface area (Å²) >= 11 is 5.99. The van der Waals surface area contributed by atoms with Crippen LogP contribution in [0.1, 0.15) is 5.56 Å². The quantitative estimate of drug-likeness (QED) is 0.481. The van der Waals surface area contributed by atoms with E-state index in [1.165, 1.54) is 27.4 Å². The normalized spacial score (nSPS) is 16.8. The van der Waals surface area contributed by atoms with E-state index >= 15 is 0 Å². The van der Waals surface area contributed by atoms with Gasteiger partial charge in [-0.15, -0.1) is 0 Å². The van der Waals surface area contributed by atoms with E-state index in [4.69, 9.17) is 11.6 Å². The Kier molecular flexibility index (Phi) is 5.97. The summed E-state index contributed by atoms with van der Waals surface area (Å²) in [4.78, 5) is 4.86. The zero-order chi connectivity index (χ0) is 21.2. The van der Waals surface area contributed by atoms with E-state index in [0.29, 0.717) is 13.1 Å². The van der Waals surface area contributed by atoms with E-state index < -0.39 is 6.10 Å². The SMILES string of the molecule is O[C@H](CN1CCN(Cc2ccc(Cl)cc2)CC1)Cn1c2ccccc2c2ccccc21. The van der Waals surface area contributed by atoms with Crippen LogP contribution < -0.4 is 0 Å². The third kappa shape index (κ3) is 4.48. The number of rotatable bonds is 6. The molecule has 4 nitrogen and oxygen atoms in total. The van der Waals surface area contributed by atoms with Crippen LogP contribution in [0.15, 0.2) is 72.8 Å². The number of fused-ring (bicyclic) bond motifs is 3. The van der Waals surface area contributed by atoms with E-state index in [-0.39, 0.29) is 0 Å². The first kappa shape index (κ1) is 20.5. The second-order valence-electron chi connectivity index (χ2n) is 8.50. The number of aliphatic hydroxyl groups excluding tert-OH is 1. The van der Waals surface area contributed by atoms with Gasteiger partial charge in [-0.05, 0) is 29.8 Å². The average molecular weight is 434 g/mol. The highest BCUT2D eigenvalue weighted by Gasteiger charge is 2.20. The number of nitrogens with zero attached hydrogens (tertiary/aromatic N) is 3. The third-order valence-corrected chi connectivity index (χ3v) is 6.58. The predicted octanol–water partition coefficient (Wildman–Crippen LogP) is 4.63. The summed E-state index contributed by atoms with van der Waals surface area (Å²) in [6, 6.07) is 25.1. The number of β-amino-alcohol motifs (C(OH)–C–C–N with tert-alkyl or cyclic N) is 1. The number of piperazine rings is 1. The molecule has 0 amide bonds. The van der Waals surface area contributed by atoms with Crippen LogP contribution in [0.2, 0.25) is 5.02 Å². The van der Waals surface area contributed by atoms with Crippen LogP contribution in [0.4, 0.5) is 0 Å². The van der Waals surface area contributed by atoms with Gasteiger partial charge in [0, 0.05) is 66.1 Å². The van der Waals surface area contributed by atoms with Crippen molar-refractivity contribution in [3.8, 4) is 0 Å². The molecular formula is C26H28ClN3O. The number of aromatic nitrogens is 1. The zero-order valence-electron chi connectivity index (χ0n) is 17.6. The summed E-state index contributed by atoms with van der Waals surface area (Å²) in [6.45, 7) is 6.27. The largest absolute Gasteiger partial charge is 0.390 e. The summed E-state index contributed by atoms with van der Waals surface area (Å²) in [7, 11) is 0. The maximum absolute atomic E-state index is 10.9. The molecule has 0 spiro atoms. The van der Waals surface area contributed by atoms with Gasteiger partial charge in [0.2, 0.25) is 0 Å². The maximum atomic E-state index is 10.9. The van der Waals surface area contributed by atoms with Gasteiger partial charge in [-0.1, -0.05) is 60.1 Å². The summed E-state index contributed by atoms with van der Waals surface area (Å²) in [5.41, 5.74) is 3.68. The zero-order valence-corrected chi connectivity index (χ0v) is 18.4. The molecule has 1 fully saturated rings. The van der Waals surface area contributed by atoms with Crippen molar-refractivity contribution in [1.82, 2.24) is 14.4 Å². The molecule has 0 radical (unpaired) electrons. The van der Waals surface area contributed by atoms with E-state index in [0.717, 1.165) is 37.7 Å². The molecule has 0 aliphatic carbocycles. The van der Waals surface area contributed by atoms with Gasteiger partial charge in [0.25, 0.3) is 0 Å². The lowest BCUT2D eigenvalue weighted by molar-refractivity contribution is 0.0634. The van der Waals surface area contributed by atoms with Crippen molar-refractivity contribution in [2.45, 2.75) is 19.2 Å². The Morgan fingerprint density at radius 1 is 0.710 bits per heavy atom. The summed E-state index contributed by atoms with van der Waals surface area (Å²) in [5, 5.41) is 14.2. The average Bonchev–Trinajstić information content (AvgIpc) is 3.11. The highest BCUT2D eigenvalue weighted by molar-refractivity contribution is 6.30. The first-order valence-electron chi connectivity index (χ1n) is 11.0. The summed E-state index contributed by atoms with van der Waals surface area (Å²) in [6.07, 6.45) is -0.401. The molecule has 1 N–H and O–H groups in total. The van der Waals surface area contributed by atoms with Crippen molar-refractivity contribution in [3.05, 3.63) is 83.4 Å². The molecule has 5 heteroatoms. The number of para-hydroxylation sites is 2. The number of hydrogen-bond donors (Lipinski definition) is 1. The Balaban J connectivity index is 1.21. The Bertz CT molecular complexity index is 1110. The van der Waals surface area contributed by atoms with Crippen molar-refractivity contribution < 1.29 is 5.11 Å². The van der Waals surface area contributed by atoms with Crippen LogP contribution in [-0.4, -0.2) is 58.3 Å². The molecule has 1 aromatic heterocycles. The van der Waals surface area contributed by atoms with Crippen LogP contribution in [0.5, 0.6) is 0 Å². The Labute approximate surface area is 188 Å². The van der Waals surface area contributed by atoms with Crippen molar-refractivity contribution in [3.63, 3.8) is 0 Å². The molecule has 4 aromatic rings. The molecule has 0 bridgehead atoms. The van der Waals surface area contributed by atoms with E-state index in [9.17, 15) is 5.11 Å². The highest BCUT2D eigenvalue weighted by atomic mass is 35.5. The molecule has 1 aliphatic heterocycles.